The molecule has 1 N–H and O–H groups in total. The van der Waals surface area contributed by atoms with E-state index in [-0.39, 0.29) is 5.56 Å². The Morgan fingerprint density at radius 3 is 2.75 bits per heavy atom. The van der Waals surface area contributed by atoms with Crippen LogP contribution in [-0.2, 0) is 0 Å². The Morgan fingerprint density at radius 2 is 2.17 bits per heavy atom. The molecule has 0 aliphatic rings. The van der Waals surface area contributed by atoms with E-state index in [9.17, 15) is 9.18 Å². The number of carbonyl (C=O) groups excluding carboxylic acids is 1. The van der Waals surface area contributed by atoms with Crippen molar-refractivity contribution in [1.82, 2.24) is 0 Å². The van der Waals surface area contributed by atoms with E-state index < -0.39 is 11.6 Å². The van der Waals surface area contributed by atoms with Crippen LogP contribution in [0.4, 0.5) is 4.39 Å². The van der Waals surface area contributed by atoms with Crippen LogP contribution in [0.2, 0.25) is 0 Å². The fourth-order valence-electron chi connectivity index (χ4n) is 0.783. The number of halogens is 1. The van der Waals surface area contributed by atoms with Crippen molar-refractivity contribution in [3.63, 3.8) is 0 Å². The molecule has 0 saturated heterocycles. The van der Waals surface area contributed by atoms with E-state index in [1.54, 1.807) is 0 Å². The molecule has 0 unspecified atom stereocenters. The highest BCUT2D eigenvalue weighted by Gasteiger charge is 2.07. The Morgan fingerprint density at radius 1 is 1.50 bits per heavy atom. The summed E-state index contributed by atoms with van der Waals surface area (Å²) in [7, 11) is 0. The number of Topliss-reactive ketones (excluding diaryl/α,β-unsaturated/α-hetero) is 1. The Labute approximate surface area is 68.1 Å². The Balaban J connectivity index is 3.03. The number of hydrogen-bond donors (Lipinski definition) is 1. The molecule has 0 atom stereocenters. The molecule has 1 aromatic rings. The lowest BCUT2D eigenvalue weighted by molar-refractivity contribution is 0.106. The summed E-state index contributed by atoms with van der Waals surface area (Å²) in [4.78, 5) is 10.9. The summed E-state index contributed by atoms with van der Waals surface area (Å²) >= 11 is 0. The van der Waals surface area contributed by atoms with Gasteiger partial charge >= 0.3 is 0 Å². The van der Waals surface area contributed by atoms with Gasteiger partial charge in [0.05, 0.1) is 5.56 Å². The van der Waals surface area contributed by atoms with Crippen LogP contribution in [0.25, 0.3) is 0 Å². The minimum absolute atomic E-state index is 0.102. The summed E-state index contributed by atoms with van der Waals surface area (Å²) in [5, 5.41) is 10.5. The van der Waals surface area contributed by atoms with Crippen LogP contribution in [0.3, 0.4) is 0 Å². The average molecular weight is 167 g/mol. The fourth-order valence-corrected chi connectivity index (χ4v) is 0.783. The van der Waals surface area contributed by atoms with Crippen molar-refractivity contribution in [3.05, 3.63) is 35.6 Å². The molecular weight excluding hydrogens is 161 g/mol. The second kappa shape index (κ2) is 3.61. The molecule has 0 aromatic heterocycles. The first-order valence-electron chi connectivity index (χ1n) is 3.22. The van der Waals surface area contributed by atoms with Crippen molar-refractivity contribution in [2.45, 2.75) is 0 Å². The van der Waals surface area contributed by atoms with Gasteiger partial charge in [-0.2, -0.15) is 0 Å². The number of hydrogen-bond acceptors (Lipinski definition) is 3. The van der Waals surface area contributed by atoms with E-state index in [1.807, 2.05) is 0 Å². The van der Waals surface area contributed by atoms with Gasteiger partial charge in [0.1, 0.15) is 12.0 Å². The molecule has 0 aliphatic carbocycles. The van der Waals surface area contributed by atoms with Crippen molar-refractivity contribution >= 4 is 12.0 Å². The summed E-state index contributed by atoms with van der Waals surface area (Å²) in [5.74, 6) is -1.28. The van der Waals surface area contributed by atoms with Gasteiger partial charge < -0.3 is 5.21 Å². The zero-order chi connectivity index (χ0) is 8.97. The minimum atomic E-state index is -0.657. The van der Waals surface area contributed by atoms with Gasteiger partial charge in [-0.05, 0) is 12.1 Å². The fraction of sp³-hybridized carbons (Fsp3) is 0. The summed E-state index contributed by atoms with van der Waals surface area (Å²) in [5.41, 5.74) is -0.102. The molecule has 0 bridgehead atoms. The number of oxime groups is 1. The van der Waals surface area contributed by atoms with Gasteiger partial charge in [-0.3, -0.25) is 4.79 Å². The Bertz CT molecular complexity index is 323. The third kappa shape index (κ3) is 1.66. The van der Waals surface area contributed by atoms with Crippen LogP contribution >= 0.6 is 0 Å². The summed E-state index contributed by atoms with van der Waals surface area (Å²) in [6.07, 6.45) is 0.651. The largest absolute Gasteiger partial charge is 0.411 e. The maximum Gasteiger partial charge on any atom is 0.210 e. The standard InChI is InChI=1S/C8H6FNO2/c9-7-4-2-1-3-6(7)8(11)5-10-12/h1-5,12H/b10-5+. The number of ketones is 1. The number of rotatable bonds is 2. The highest BCUT2D eigenvalue weighted by Crippen LogP contribution is 2.05. The second-order valence-electron chi connectivity index (χ2n) is 2.09. The van der Waals surface area contributed by atoms with Gasteiger partial charge in [-0.25, -0.2) is 4.39 Å². The highest BCUT2D eigenvalue weighted by molar-refractivity contribution is 6.35. The van der Waals surface area contributed by atoms with Crippen molar-refractivity contribution < 1.29 is 14.4 Å². The third-order valence-corrected chi connectivity index (χ3v) is 1.31. The van der Waals surface area contributed by atoms with Gasteiger partial charge in [0, 0.05) is 0 Å². The maximum absolute atomic E-state index is 12.8. The quantitative estimate of drug-likeness (QED) is 0.314. The number of carbonyl (C=O) groups is 1. The SMILES string of the molecule is O=C(/C=N/O)c1ccccc1F. The average Bonchev–Trinajstić information content (AvgIpc) is 2.05. The lowest BCUT2D eigenvalue weighted by Crippen LogP contribution is -2.02. The molecule has 12 heavy (non-hydrogen) atoms. The first kappa shape index (κ1) is 8.39. The molecule has 1 aromatic carbocycles. The van der Waals surface area contributed by atoms with E-state index in [4.69, 9.17) is 5.21 Å². The molecule has 0 saturated carbocycles. The highest BCUT2D eigenvalue weighted by atomic mass is 19.1. The molecule has 0 heterocycles. The summed E-state index contributed by atoms with van der Waals surface area (Å²) in [6, 6.07) is 5.49. The topological polar surface area (TPSA) is 49.7 Å². The Hall–Kier alpha value is -1.71. The van der Waals surface area contributed by atoms with Crippen LogP contribution in [0.5, 0.6) is 0 Å². The van der Waals surface area contributed by atoms with Crippen molar-refractivity contribution in [2.75, 3.05) is 0 Å². The molecule has 0 fully saturated rings. The van der Waals surface area contributed by atoms with Crippen LogP contribution in [-0.4, -0.2) is 17.2 Å². The lowest BCUT2D eigenvalue weighted by atomic mass is 10.1. The maximum atomic E-state index is 12.8. The monoisotopic (exact) mass is 167 g/mol. The van der Waals surface area contributed by atoms with Gasteiger partial charge in [0.25, 0.3) is 0 Å². The van der Waals surface area contributed by atoms with Gasteiger partial charge in [0.2, 0.25) is 5.78 Å². The molecule has 1 rings (SSSR count). The molecular formula is C8H6FNO2. The van der Waals surface area contributed by atoms with E-state index in [1.165, 1.54) is 24.3 Å². The predicted octanol–water partition coefficient (Wildman–Crippen LogP) is 1.47. The zero-order valence-corrected chi connectivity index (χ0v) is 6.07. The van der Waals surface area contributed by atoms with Gasteiger partial charge in [-0.1, -0.05) is 17.3 Å². The molecule has 3 nitrogen and oxygen atoms in total. The lowest BCUT2D eigenvalue weighted by Gasteiger charge is -1.94. The molecule has 0 amide bonds. The predicted molar refractivity (Wildman–Crippen MR) is 41.0 cm³/mol. The van der Waals surface area contributed by atoms with Crippen LogP contribution < -0.4 is 0 Å². The second-order valence-corrected chi connectivity index (χ2v) is 2.09. The van der Waals surface area contributed by atoms with Crippen molar-refractivity contribution in [2.24, 2.45) is 5.16 Å². The van der Waals surface area contributed by atoms with E-state index in [0.717, 1.165) is 0 Å². The zero-order valence-electron chi connectivity index (χ0n) is 6.07. The minimum Gasteiger partial charge on any atom is -0.411 e. The van der Waals surface area contributed by atoms with Crippen molar-refractivity contribution in [3.8, 4) is 0 Å². The third-order valence-electron chi connectivity index (χ3n) is 1.31. The first-order valence-corrected chi connectivity index (χ1v) is 3.22. The number of nitrogens with zero attached hydrogens (tertiary/aromatic N) is 1. The van der Waals surface area contributed by atoms with Gasteiger partial charge in [0.15, 0.2) is 0 Å². The Kier molecular flexibility index (Phi) is 2.53. The number of benzene rings is 1. The molecule has 4 heteroatoms. The molecule has 0 radical (unpaired) electrons. The smallest absolute Gasteiger partial charge is 0.210 e. The van der Waals surface area contributed by atoms with Gasteiger partial charge in [-0.15, -0.1) is 0 Å². The van der Waals surface area contributed by atoms with Crippen LogP contribution in [0, 0.1) is 5.82 Å². The normalized spacial score (nSPS) is 10.4. The first-order chi connectivity index (χ1) is 5.75. The van der Waals surface area contributed by atoms with E-state index in [0.29, 0.717) is 6.21 Å². The molecule has 62 valence electrons. The summed E-state index contributed by atoms with van der Waals surface area (Å²) < 4.78 is 12.8. The van der Waals surface area contributed by atoms with Crippen LogP contribution in [0.1, 0.15) is 10.4 Å². The molecule has 0 aliphatic heterocycles. The van der Waals surface area contributed by atoms with Crippen LogP contribution in [0.15, 0.2) is 29.4 Å². The van der Waals surface area contributed by atoms with E-state index >= 15 is 0 Å². The van der Waals surface area contributed by atoms with E-state index in [2.05, 4.69) is 5.16 Å². The molecule has 0 spiro atoms. The summed E-state index contributed by atoms with van der Waals surface area (Å²) in [6.45, 7) is 0. The van der Waals surface area contributed by atoms with Crippen molar-refractivity contribution in [1.29, 1.82) is 0 Å².